The van der Waals surface area contributed by atoms with E-state index in [0.29, 0.717) is 12.2 Å². The van der Waals surface area contributed by atoms with Gasteiger partial charge < -0.3 is 10.6 Å². The minimum absolute atomic E-state index is 0.340. The third kappa shape index (κ3) is 2.09. The lowest BCUT2D eigenvalue weighted by atomic mass is 10.1. The summed E-state index contributed by atoms with van der Waals surface area (Å²) in [6, 6.07) is 0.340. The van der Waals surface area contributed by atoms with Gasteiger partial charge in [0.15, 0.2) is 0 Å². The molecule has 16 heavy (non-hydrogen) atoms. The van der Waals surface area contributed by atoms with E-state index < -0.39 is 0 Å². The van der Waals surface area contributed by atoms with Crippen molar-refractivity contribution in [3.8, 4) is 0 Å². The molecule has 2 aliphatic heterocycles. The van der Waals surface area contributed by atoms with Crippen LogP contribution in [0.5, 0.6) is 0 Å². The summed E-state index contributed by atoms with van der Waals surface area (Å²) in [6.45, 7) is 11.3. The van der Waals surface area contributed by atoms with Crippen molar-refractivity contribution in [3.63, 3.8) is 0 Å². The van der Waals surface area contributed by atoms with Gasteiger partial charge in [0.1, 0.15) is 0 Å². The molecule has 3 heteroatoms. The van der Waals surface area contributed by atoms with Crippen molar-refractivity contribution >= 4 is 0 Å². The molecule has 3 unspecified atom stereocenters. The van der Waals surface area contributed by atoms with Crippen molar-refractivity contribution in [2.24, 2.45) is 11.7 Å². The highest BCUT2D eigenvalue weighted by molar-refractivity contribution is 5.26. The number of hydrogen-bond donors (Lipinski definition) is 1. The fourth-order valence-corrected chi connectivity index (χ4v) is 2.49. The Kier molecular flexibility index (Phi) is 2.98. The molecule has 0 aromatic carbocycles. The molecule has 0 aromatic rings. The Morgan fingerprint density at radius 1 is 1.44 bits per heavy atom. The lowest BCUT2D eigenvalue weighted by Crippen LogP contribution is -2.41. The topological polar surface area (TPSA) is 32.3 Å². The minimum Gasteiger partial charge on any atom is -0.400 e. The van der Waals surface area contributed by atoms with E-state index in [9.17, 15) is 0 Å². The third-order valence-electron chi connectivity index (χ3n) is 3.43. The Labute approximate surface area is 98.6 Å². The third-order valence-corrected chi connectivity index (χ3v) is 3.43. The second kappa shape index (κ2) is 4.13. The second-order valence-corrected chi connectivity index (χ2v) is 5.39. The first kappa shape index (κ1) is 11.5. The summed E-state index contributed by atoms with van der Waals surface area (Å²) >= 11 is 0. The summed E-state index contributed by atoms with van der Waals surface area (Å²) in [4.78, 5) is 4.95. The SMILES string of the molecule is CC1=CC=C(N)C(C)N1C1CN1CC(C)C. The predicted molar refractivity (Wildman–Crippen MR) is 67.5 cm³/mol. The van der Waals surface area contributed by atoms with E-state index in [1.54, 1.807) is 0 Å². The van der Waals surface area contributed by atoms with E-state index in [0.717, 1.165) is 11.6 Å². The lowest BCUT2D eigenvalue weighted by Gasteiger charge is -2.35. The summed E-state index contributed by atoms with van der Waals surface area (Å²) in [5, 5.41) is 0. The van der Waals surface area contributed by atoms with Crippen LogP contribution < -0.4 is 5.73 Å². The van der Waals surface area contributed by atoms with Gasteiger partial charge in [-0.05, 0) is 31.9 Å². The van der Waals surface area contributed by atoms with Gasteiger partial charge in [-0.15, -0.1) is 0 Å². The van der Waals surface area contributed by atoms with Crippen LogP contribution in [0.2, 0.25) is 0 Å². The zero-order valence-corrected chi connectivity index (χ0v) is 10.8. The van der Waals surface area contributed by atoms with Crippen molar-refractivity contribution < 1.29 is 0 Å². The van der Waals surface area contributed by atoms with Gasteiger partial charge in [-0.2, -0.15) is 0 Å². The summed E-state index contributed by atoms with van der Waals surface area (Å²) in [6.07, 6.45) is 4.73. The van der Waals surface area contributed by atoms with Gasteiger partial charge in [0.05, 0.1) is 12.2 Å². The molecule has 1 fully saturated rings. The van der Waals surface area contributed by atoms with Crippen LogP contribution in [0.25, 0.3) is 0 Å². The van der Waals surface area contributed by atoms with Crippen molar-refractivity contribution in [1.29, 1.82) is 0 Å². The average molecular weight is 221 g/mol. The van der Waals surface area contributed by atoms with Crippen LogP contribution in [0.1, 0.15) is 27.7 Å². The van der Waals surface area contributed by atoms with Crippen LogP contribution >= 0.6 is 0 Å². The van der Waals surface area contributed by atoms with Crippen molar-refractivity contribution in [2.45, 2.75) is 39.9 Å². The summed E-state index contributed by atoms with van der Waals surface area (Å²) in [5.74, 6) is 0.738. The minimum atomic E-state index is 0.340. The number of rotatable bonds is 3. The molecule has 0 radical (unpaired) electrons. The molecule has 2 N–H and O–H groups in total. The predicted octanol–water partition coefficient (Wildman–Crippen LogP) is 1.73. The monoisotopic (exact) mass is 221 g/mol. The van der Waals surface area contributed by atoms with Gasteiger partial charge in [-0.1, -0.05) is 13.8 Å². The highest BCUT2D eigenvalue weighted by Gasteiger charge is 2.42. The van der Waals surface area contributed by atoms with Crippen molar-refractivity contribution in [1.82, 2.24) is 9.80 Å². The molecule has 0 aliphatic carbocycles. The fourth-order valence-electron chi connectivity index (χ4n) is 2.49. The van der Waals surface area contributed by atoms with Gasteiger partial charge in [-0.25, -0.2) is 0 Å². The molecule has 1 saturated heterocycles. The zero-order valence-electron chi connectivity index (χ0n) is 10.8. The Bertz CT molecular complexity index is 330. The van der Waals surface area contributed by atoms with Gasteiger partial charge in [-0.3, -0.25) is 4.90 Å². The standard InChI is InChI=1S/C13H23N3/c1-9(2)7-15-8-13(15)16-10(3)5-6-12(14)11(16)4/h5-6,9,11,13H,7-8,14H2,1-4H3. The maximum atomic E-state index is 6.00. The molecular formula is C13H23N3. The summed E-state index contributed by atoms with van der Waals surface area (Å²) in [7, 11) is 0. The largest absolute Gasteiger partial charge is 0.400 e. The molecule has 3 atom stereocenters. The zero-order chi connectivity index (χ0) is 11.9. The van der Waals surface area contributed by atoms with E-state index in [4.69, 9.17) is 5.73 Å². The number of hydrogen-bond acceptors (Lipinski definition) is 3. The highest BCUT2D eigenvalue weighted by atomic mass is 15.5. The van der Waals surface area contributed by atoms with Gasteiger partial charge in [0.2, 0.25) is 0 Å². The molecule has 90 valence electrons. The van der Waals surface area contributed by atoms with Crippen LogP contribution in [-0.4, -0.2) is 35.1 Å². The molecular weight excluding hydrogens is 198 g/mol. The van der Waals surface area contributed by atoms with Crippen LogP contribution in [0.15, 0.2) is 23.5 Å². The van der Waals surface area contributed by atoms with E-state index >= 15 is 0 Å². The molecule has 2 heterocycles. The first-order chi connectivity index (χ1) is 7.50. The Hall–Kier alpha value is -0.960. The van der Waals surface area contributed by atoms with E-state index in [1.807, 2.05) is 6.08 Å². The molecule has 2 aliphatic rings. The van der Waals surface area contributed by atoms with Crippen LogP contribution in [-0.2, 0) is 0 Å². The molecule has 3 nitrogen and oxygen atoms in total. The van der Waals surface area contributed by atoms with E-state index in [-0.39, 0.29) is 0 Å². The molecule has 0 saturated carbocycles. The Morgan fingerprint density at radius 2 is 2.12 bits per heavy atom. The average Bonchev–Trinajstić information content (AvgIpc) is 2.91. The van der Waals surface area contributed by atoms with Crippen molar-refractivity contribution in [2.75, 3.05) is 13.1 Å². The van der Waals surface area contributed by atoms with Gasteiger partial charge in [0.25, 0.3) is 0 Å². The lowest BCUT2D eigenvalue weighted by molar-refractivity contribution is 0.224. The maximum Gasteiger partial charge on any atom is 0.0955 e. The van der Waals surface area contributed by atoms with Crippen molar-refractivity contribution in [3.05, 3.63) is 23.5 Å². The van der Waals surface area contributed by atoms with Crippen LogP contribution in [0.3, 0.4) is 0 Å². The van der Waals surface area contributed by atoms with Gasteiger partial charge >= 0.3 is 0 Å². The normalized spacial score (nSPS) is 33.8. The first-order valence-electron chi connectivity index (χ1n) is 6.17. The van der Waals surface area contributed by atoms with Gasteiger partial charge in [0, 0.05) is 24.5 Å². The van der Waals surface area contributed by atoms with E-state index in [1.165, 1.54) is 18.8 Å². The second-order valence-electron chi connectivity index (χ2n) is 5.39. The Morgan fingerprint density at radius 3 is 2.75 bits per heavy atom. The number of allylic oxidation sites excluding steroid dienone is 3. The smallest absolute Gasteiger partial charge is 0.0955 e. The summed E-state index contributed by atoms with van der Waals surface area (Å²) < 4.78 is 0. The van der Waals surface area contributed by atoms with Crippen LogP contribution in [0.4, 0.5) is 0 Å². The quantitative estimate of drug-likeness (QED) is 0.737. The van der Waals surface area contributed by atoms with Crippen LogP contribution in [0, 0.1) is 5.92 Å². The molecule has 0 aromatic heterocycles. The molecule has 2 rings (SSSR count). The highest BCUT2D eigenvalue weighted by Crippen LogP contribution is 2.31. The summed E-state index contributed by atoms with van der Waals surface area (Å²) in [5.41, 5.74) is 8.30. The molecule has 0 bridgehead atoms. The Balaban J connectivity index is 2.01. The first-order valence-corrected chi connectivity index (χ1v) is 6.17. The molecule has 0 amide bonds. The van der Waals surface area contributed by atoms with E-state index in [2.05, 4.69) is 43.6 Å². The molecule has 0 spiro atoms. The number of nitrogens with two attached hydrogens (primary N) is 1. The number of nitrogens with zero attached hydrogens (tertiary/aromatic N) is 2. The maximum absolute atomic E-state index is 6.00. The fraction of sp³-hybridized carbons (Fsp3) is 0.692.